The standard InChI is InChI=1S/C11H20O3/c1-5-11(4)6-10(2,3)7-13-9(12)14-8-11/h5-8H2,1-4H3. The van der Waals surface area contributed by atoms with E-state index in [2.05, 4.69) is 27.7 Å². The molecule has 1 rings (SSSR count). The number of hydrogen-bond donors (Lipinski definition) is 0. The Hall–Kier alpha value is -0.730. The fourth-order valence-corrected chi connectivity index (χ4v) is 2.01. The van der Waals surface area contributed by atoms with Crippen LogP contribution in [0, 0.1) is 10.8 Å². The van der Waals surface area contributed by atoms with Crippen molar-refractivity contribution in [1.82, 2.24) is 0 Å². The summed E-state index contributed by atoms with van der Waals surface area (Å²) in [6.07, 6.45) is 1.51. The molecule has 3 nitrogen and oxygen atoms in total. The molecule has 0 spiro atoms. The Kier molecular flexibility index (Phi) is 3.07. The van der Waals surface area contributed by atoms with Gasteiger partial charge in [-0.1, -0.05) is 27.7 Å². The van der Waals surface area contributed by atoms with E-state index in [0.717, 1.165) is 12.8 Å². The lowest BCUT2D eigenvalue weighted by atomic mass is 9.73. The minimum absolute atomic E-state index is 0.0458. The molecule has 0 aromatic heterocycles. The number of ether oxygens (including phenoxy) is 2. The highest BCUT2D eigenvalue weighted by Gasteiger charge is 2.35. The lowest BCUT2D eigenvalue weighted by Gasteiger charge is -2.38. The Labute approximate surface area is 85.8 Å². The molecule has 14 heavy (non-hydrogen) atoms. The molecule has 1 aliphatic heterocycles. The number of carbonyl (C=O) groups excluding carboxylic acids is 1. The quantitative estimate of drug-likeness (QED) is 0.610. The van der Waals surface area contributed by atoms with Crippen LogP contribution in [0.2, 0.25) is 0 Å². The van der Waals surface area contributed by atoms with E-state index in [9.17, 15) is 4.79 Å². The normalized spacial score (nSPS) is 32.4. The Morgan fingerprint density at radius 1 is 1.21 bits per heavy atom. The van der Waals surface area contributed by atoms with Crippen molar-refractivity contribution in [2.75, 3.05) is 13.2 Å². The minimum Gasteiger partial charge on any atom is -0.434 e. The van der Waals surface area contributed by atoms with Crippen LogP contribution in [0.15, 0.2) is 0 Å². The number of rotatable bonds is 1. The van der Waals surface area contributed by atoms with Gasteiger partial charge in [-0.3, -0.25) is 0 Å². The van der Waals surface area contributed by atoms with E-state index in [1.54, 1.807) is 0 Å². The van der Waals surface area contributed by atoms with Crippen molar-refractivity contribution in [2.45, 2.75) is 40.5 Å². The Bertz CT molecular complexity index is 223. The third-order valence-corrected chi connectivity index (χ3v) is 2.88. The SMILES string of the molecule is CCC1(C)COC(=O)OCC(C)(C)C1. The van der Waals surface area contributed by atoms with E-state index < -0.39 is 6.16 Å². The molecule has 0 aromatic carbocycles. The molecule has 1 atom stereocenters. The zero-order valence-corrected chi connectivity index (χ0v) is 9.55. The van der Waals surface area contributed by atoms with Crippen molar-refractivity contribution in [3.63, 3.8) is 0 Å². The molecular weight excluding hydrogens is 180 g/mol. The summed E-state index contributed by atoms with van der Waals surface area (Å²) in [5.74, 6) is 0. The molecule has 0 saturated carbocycles. The van der Waals surface area contributed by atoms with E-state index in [1.165, 1.54) is 0 Å². The third kappa shape index (κ3) is 2.89. The smallest absolute Gasteiger partial charge is 0.434 e. The van der Waals surface area contributed by atoms with Crippen LogP contribution in [0.1, 0.15) is 40.5 Å². The molecular formula is C11H20O3. The number of carbonyl (C=O) groups is 1. The summed E-state index contributed by atoms with van der Waals surface area (Å²) in [6, 6.07) is 0. The second kappa shape index (κ2) is 3.79. The monoisotopic (exact) mass is 200 g/mol. The summed E-state index contributed by atoms with van der Waals surface area (Å²) in [6.45, 7) is 9.45. The van der Waals surface area contributed by atoms with Crippen LogP contribution >= 0.6 is 0 Å². The maximum atomic E-state index is 11.1. The summed E-state index contributed by atoms with van der Waals surface area (Å²) in [5, 5.41) is 0. The van der Waals surface area contributed by atoms with E-state index in [1.807, 2.05) is 0 Å². The van der Waals surface area contributed by atoms with Gasteiger partial charge in [0.1, 0.15) is 13.2 Å². The van der Waals surface area contributed by atoms with Crippen LogP contribution < -0.4 is 0 Å². The molecule has 1 aliphatic rings. The van der Waals surface area contributed by atoms with E-state index in [-0.39, 0.29) is 10.8 Å². The molecule has 1 unspecified atom stereocenters. The van der Waals surface area contributed by atoms with Crippen molar-refractivity contribution in [3.8, 4) is 0 Å². The van der Waals surface area contributed by atoms with Crippen LogP contribution in [0.3, 0.4) is 0 Å². The van der Waals surface area contributed by atoms with Gasteiger partial charge in [0.2, 0.25) is 0 Å². The minimum atomic E-state index is -0.530. The lowest BCUT2D eigenvalue weighted by molar-refractivity contribution is -0.0397. The van der Waals surface area contributed by atoms with Gasteiger partial charge in [-0.2, -0.15) is 0 Å². The van der Waals surface area contributed by atoms with E-state index >= 15 is 0 Å². The van der Waals surface area contributed by atoms with Crippen molar-refractivity contribution in [1.29, 1.82) is 0 Å². The van der Waals surface area contributed by atoms with Gasteiger partial charge >= 0.3 is 6.16 Å². The molecule has 0 aliphatic carbocycles. The predicted molar refractivity (Wildman–Crippen MR) is 54.1 cm³/mol. The van der Waals surface area contributed by atoms with Gasteiger partial charge in [-0.25, -0.2) is 4.79 Å². The molecule has 1 saturated heterocycles. The average Bonchev–Trinajstić information content (AvgIpc) is 2.10. The van der Waals surface area contributed by atoms with Crippen LogP contribution in [-0.4, -0.2) is 19.4 Å². The molecule has 1 fully saturated rings. The van der Waals surface area contributed by atoms with Gasteiger partial charge in [0, 0.05) is 5.41 Å². The fraction of sp³-hybridized carbons (Fsp3) is 0.909. The van der Waals surface area contributed by atoms with E-state index in [0.29, 0.717) is 13.2 Å². The summed E-state index contributed by atoms with van der Waals surface area (Å²) >= 11 is 0. The summed E-state index contributed by atoms with van der Waals surface area (Å²) in [7, 11) is 0. The molecule has 0 amide bonds. The third-order valence-electron chi connectivity index (χ3n) is 2.88. The zero-order valence-electron chi connectivity index (χ0n) is 9.55. The predicted octanol–water partition coefficient (Wildman–Crippen LogP) is 2.99. The highest BCUT2D eigenvalue weighted by Crippen LogP contribution is 2.38. The maximum Gasteiger partial charge on any atom is 0.508 e. The molecule has 1 heterocycles. The number of cyclic esters (lactones) is 2. The molecule has 0 aromatic rings. The van der Waals surface area contributed by atoms with Gasteiger partial charge in [0.15, 0.2) is 0 Å². The Balaban J connectivity index is 2.75. The fourth-order valence-electron chi connectivity index (χ4n) is 2.01. The van der Waals surface area contributed by atoms with Crippen molar-refractivity contribution in [3.05, 3.63) is 0 Å². The lowest BCUT2D eigenvalue weighted by Crippen LogP contribution is -2.36. The first-order chi connectivity index (χ1) is 6.37. The zero-order chi connectivity index (χ0) is 10.8. The first-order valence-corrected chi connectivity index (χ1v) is 5.16. The van der Waals surface area contributed by atoms with E-state index in [4.69, 9.17) is 9.47 Å². The van der Waals surface area contributed by atoms with Gasteiger partial charge in [0.25, 0.3) is 0 Å². The summed E-state index contributed by atoms with van der Waals surface area (Å²) in [4.78, 5) is 11.1. The van der Waals surface area contributed by atoms with Gasteiger partial charge in [-0.15, -0.1) is 0 Å². The second-order valence-electron chi connectivity index (χ2n) is 5.33. The maximum absolute atomic E-state index is 11.1. The summed E-state index contributed by atoms with van der Waals surface area (Å²) < 4.78 is 10.00. The topological polar surface area (TPSA) is 35.5 Å². The van der Waals surface area contributed by atoms with Gasteiger partial charge in [0.05, 0.1) is 0 Å². The van der Waals surface area contributed by atoms with Crippen LogP contribution in [0.5, 0.6) is 0 Å². The Morgan fingerprint density at radius 2 is 1.79 bits per heavy atom. The number of hydrogen-bond acceptors (Lipinski definition) is 3. The molecule has 0 bridgehead atoms. The summed E-state index contributed by atoms with van der Waals surface area (Å²) in [5.41, 5.74) is 0.132. The molecule has 3 heteroatoms. The highest BCUT2D eigenvalue weighted by atomic mass is 16.7. The van der Waals surface area contributed by atoms with Crippen molar-refractivity contribution in [2.24, 2.45) is 10.8 Å². The first-order valence-electron chi connectivity index (χ1n) is 5.16. The average molecular weight is 200 g/mol. The second-order valence-corrected chi connectivity index (χ2v) is 5.33. The molecule has 0 N–H and O–H groups in total. The van der Waals surface area contributed by atoms with Crippen molar-refractivity contribution < 1.29 is 14.3 Å². The van der Waals surface area contributed by atoms with Crippen LogP contribution in [-0.2, 0) is 9.47 Å². The van der Waals surface area contributed by atoms with Gasteiger partial charge in [-0.05, 0) is 18.3 Å². The van der Waals surface area contributed by atoms with Crippen LogP contribution in [0.4, 0.5) is 4.79 Å². The Morgan fingerprint density at radius 3 is 2.36 bits per heavy atom. The van der Waals surface area contributed by atoms with Crippen molar-refractivity contribution >= 4 is 6.16 Å². The van der Waals surface area contributed by atoms with Crippen LogP contribution in [0.25, 0.3) is 0 Å². The highest BCUT2D eigenvalue weighted by molar-refractivity contribution is 5.60. The molecule has 82 valence electrons. The first kappa shape index (κ1) is 11.3. The van der Waals surface area contributed by atoms with Gasteiger partial charge < -0.3 is 9.47 Å². The molecule has 0 radical (unpaired) electrons. The largest absolute Gasteiger partial charge is 0.508 e.